The summed E-state index contributed by atoms with van der Waals surface area (Å²) in [6.45, 7) is 6.14. The van der Waals surface area contributed by atoms with Crippen LogP contribution in [0.4, 0.5) is 5.13 Å². The van der Waals surface area contributed by atoms with E-state index in [0.717, 1.165) is 13.0 Å². The van der Waals surface area contributed by atoms with Crippen LogP contribution in [0, 0.1) is 5.92 Å². The highest BCUT2D eigenvalue weighted by Crippen LogP contribution is 2.17. The second-order valence-corrected chi connectivity index (χ2v) is 6.78. The number of ether oxygens (including phenoxy) is 1. The van der Waals surface area contributed by atoms with E-state index < -0.39 is 0 Å². The van der Waals surface area contributed by atoms with E-state index in [1.165, 1.54) is 17.6 Å². The van der Waals surface area contributed by atoms with Crippen molar-refractivity contribution in [3.63, 3.8) is 0 Å². The molecule has 25 heavy (non-hydrogen) atoms. The average Bonchev–Trinajstić information content (AvgIpc) is 3.22. The van der Waals surface area contributed by atoms with Crippen LogP contribution in [0.1, 0.15) is 36.5 Å². The van der Waals surface area contributed by atoms with Crippen LogP contribution in [-0.4, -0.2) is 36.6 Å². The topological polar surface area (TPSA) is 93.5 Å². The number of rotatable bonds is 10. The molecule has 2 amide bonds. The van der Waals surface area contributed by atoms with Gasteiger partial charge in [-0.3, -0.25) is 14.9 Å². The molecule has 0 saturated heterocycles. The Morgan fingerprint density at radius 3 is 2.96 bits per heavy atom. The molecule has 2 rings (SSSR count). The number of furan rings is 1. The molecule has 0 spiro atoms. The van der Waals surface area contributed by atoms with Crippen molar-refractivity contribution >= 4 is 28.3 Å². The first kappa shape index (κ1) is 19.1. The van der Waals surface area contributed by atoms with Crippen LogP contribution in [0.25, 0.3) is 0 Å². The zero-order valence-electron chi connectivity index (χ0n) is 14.4. The highest BCUT2D eigenvalue weighted by atomic mass is 32.1. The molecule has 0 unspecified atom stereocenters. The van der Waals surface area contributed by atoms with Gasteiger partial charge in [-0.2, -0.15) is 0 Å². The van der Waals surface area contributed by atoms with Crippen LogP contribution < -0.4 is 10.6 Å². The molecule has 0 aliphatic rings. The Labute approximate surface area is 150 Å². The maximum atomic E-state index is 11.9. The Kier molecular flexibility index (Phi) is 7.62. The molecule has 2 heterocycles. The Bertz CT molecular complexity index is 667. The molecule has 0 fully saturated rings. The molecule has 2 N–H and O–H groups in total. The number of carbonyl (C=O) groups excluding carboxylic acids is 2. The molecule has 0 aliphatic carbocycles. The van der Waals surface area contributed by atoms with E-state index in [-0.39, 0.29) is 24.0 Å². The fraction of sp³-hybridized carbons (Fsp3) is 0.471. The first-order valence-electron chi connectivity index (χ1n) is 8.18. The monoisotopic (exact) mass is 365 g/mol. The van der Waals surface area contributed by atoms with Gasteiger partial charge < -0.3 is 14.5 Å². The van der Waals surface area contributed by atoms with Crippen LogP contribution in [0.5, 0.6) is 0 Å². The minimum absolute atomic E-state index is 0.0990. The summed E-state index contributed by atoms with van der Waals surface area (Å²) in [7, 11) is 0. The quantitative estimate of drug-likeness (QED) is 0.632. The van der Waals surface area contributed by atoms with E-state index in [0.29, 0.717) is 29.9 Å². The van der Waals surface area contributed by atoms with Crippen molar-refractivity contribution in [1.82, 2.24) is 10.3 Å². The zero-order valence-corrected chi connectivity index (χ0v) is 15.2. The van der Waals surface area contributed by atoms with Gasteiger partial charge in [0.2, 0.25) is 5.91 Å². The molecule has 8 heteroatoms. The lowest BCUT2D eigenvalue weighted by atomic mass is 10.2. The molecular formula is C17H23N3O4S. The molecule has 2 aromatic heterocycles. The molecule has 7 nitrogen and oxygen atoms in total. The number of hydrogen-bond acceptors (Lipinski definition) is 6. The van der Waals surface area contributed by atoms with Crippen LogP contribution >= 0.6 is 11.3 Å². The predicted molar refractivity (Wildman–Crippen MR) is 95.8 cm³/mol. The van der Waals surface area contributed by atoms with E-state index in [9.17, 15) is 9.59 Å². The molecule has 2 aromatic rings. The van der Waals surface area contributed by atoms with Crippen molar-refractivity contribution in [2.75, 3.05) is 25.1 Å². The molecule has 0 bridgehead atoms. The fourth-order valence-corrected chi connectivity index (χ4v) is 2.67. The number of hydrogen-bond donors (Lipinski definition) is 2. The fourth-order valence-electron chi connectivity index (χ4n) is 1.96. The molecule has 0 atom stereocenters. The highest BCUT2D eigenvalue weighted by Gasteiger charge is 2.12. The third-order valence-electron chi connectivity index (χ3n) is 3.10. The van der Waals surface area contributed by atoms with E-state index in [4.69, 9.17) is 9.15 Å². The van der Waals surface area contributed by atoms with E-state index >= 15 is 0 Å². The van der Waals surface area contributed by atoms with Gasteiger partial charge in [-0.25, -0.2) is 4.98 Å². The van der Waals surface area contributed by atoms with Crippen LogP contribution in [0.2, 0.25) is 0 Å². The Balaban J connectivity index is 1.66. The molecule has 0 aromatic carbocycles. The normalized spacial score (nSPS) is 10.8. The van der Waals surface area contributed by atoms with E-state index in [1.54, 1.807) is 17.5 Å². The summed E-state index contributed by atoms with van der Waals surface area (Å²) in [5.41, 5.74) is 0.619. The van der Waals surface area contributed by atoms with Crippen molar-refractivity contribution in [3.05, 3.63) is 35.2 Å². The van der Waals surface area contributed by atoms with Crippen molar-refractivity contribution in [2.24, 2.45) is 5.92 Å². The molecule has 0 saturated carbocycles. The molecule has 0 radical (unpaired) electrons. The number of anilines is 1. The van der Waals surface area contributed by atoms with Crippen molar-refractivity contribution < 1.29 is 18.7 Å². The summed E-state index contributed by atoms with van der Waals surface area (Å²) in [5.74, 6) is 0.269. The second-order valence-electron chi connectivity index (χ2n) is 5.92. The summed E-state index contributed by atoms with van der Waals surface area (Å²) in [6.07, 6.45) is 2.39. The van der Waals surface area contributed by atoms with Crippen LogP contribution in [0.3, 0.4) is 0 Å². The van der Waals surface area contributed by atoms with Gasteiger partial charge in [-0.15, -0.1) is 11.3 Å². The van der Waals surface area contributed by atoms with Crippen molar-refractivity contribution in [1.29, 1.82) is 0 Å². The Morgan fingerprint density at radius 2 is 2.24 bits per heavy atom. The smallest absolute Gasteiger partial charge is 0.293 e. The van der Waals surface area contributed by atoms with Gasteiger partial charge in [0.15, 0.2) is 10.9 Å². The third kappa shape index (κ3) is 7.06. The van der Waals surface area contributed by atoms with Gasteiger partial charge in [0.05, 0.1) is 18.4 Å². The minimum Gasteiger partial charge on any atom is -0.459 e. The SMILES string of the molecule is CC(C)COCCCNC(=O)Cc1csc(NC(=O)c2ccco2)n1. The number of aromatic nitrogens is 1. The predicted octanol–water partition coefficient (Wildman–Crippen LogP) is 2.71. The first-order valence-corrected chi connectivity index (χ1v) is 9.06. The highest BCUT2D eigenvalue weighted by molar-refractivity contribution is 7.14. The van der Waals surface area contributed by atoms with Gasteiger partial charge in [-0.05, 0) is 24.5 Å². The summed E-state index contributed by atoms with van der Waals surface area (Å²) in [6, 6.07) is 3.21. The van der Waals surface area contributed by atoms with Gasteiger partial charge in [-0.1, -0.05) is 13.8 Å². The minimum atomic E-state index is -0.364. The van der Waals surface area contributed by atoms with Crippen LogP contribution in [-0.2, 0) is 16.0 Å². The van der Waals surface area contributed by atoms with E-state index in [1.807, 2.05) is 0 Å². The van der Waals surface area contributed by atoms with Crippen LogP contribution in [0.15, 0.2) is 28.2 Å². The zero-order chi connectivity index (χ0) is 18.1. The number of carbonyl (C=O) groups is 2. The lowest BCUT2D eigenvalue weighted by molar-refractivity contribution is -0.120. The number of nitrogens with zero attached hydrogens (tertiary/aromatic N) is 1. The van der Waals surface area contributed by atoms with Gasteiger partial charge in [0.1, 0.15) is 0 Å². The van der Waals surface area contributed by atoms with Crippen molar-refractivity contribution in [3.8, 4) is 0 Å². The lowest BCUT2D eigenvalue weighted by Crippen LogP contribution is -2.27. The first-order chi connectivity index (χ1) is 12.0. The maximum Gasteiger partial charge on any atom is 0.293 e. The molecule has 0 aliphatic heterocycles. The molecular weight excluding hydrogens is 342 g/mol. The average molecular weight is 365 g/mol. The second kappa shape index (κ2) is 9.95. The summed E-state index contributed by atoms with van der Waals surface area (Å²) >= 11 is 1.27. The molecule has 136 valence electrons. The van der Waals surface area contributed by atoms with Gasteiger partial charge >= 0.3 is 0 Å². The Hall–Kier alpha value is -2.19. The lowest BCUT2D eigenvalue weighted by Gasteiger charge is -2.07. The number of amides is 2. The third-order valence-corrected chi connectivity index (χ3v) is 3.90. The van der Waals surface area contributed by atoms with Crippen molar-refractivity contribution in [2.45, 2.75) is 26.7 Å². The number of thiazole rings is 1. The van der Waals surface area contributed by atoms with Gasteiger partial charge in [0, 0.05) is 25.1 Å². The summed E-state index contributed by atoms with van der Waals surface area (Å²) in [4.78, 5) is 28.0. The Morgan fingerprint density at radius 1 is 1.40 bits per heavy atom. The van der Waals surface area contributed by atoms with E-state index in [2.05, 4.69) is 29.5 Å². The largest absolute Gasteiger partial charge is 0.459 e. The van der Waals surface area contributed by atoms with Gasteiger partial charge in [0.25, 0.3) is 5.91 Å². The maximum absolute atomic E-state index is 11.9. The standard InChI is InChI=1S/C17H23N3O4S/c1-12(2)10-23-7-4-6-18-15(21)9-13-11-25-17(19-13)20-16(22)14-5-3-8-24-14/h3,5,8,11-12H,4,6-7,9-10H2,1-2H3,(H,18,21)(H,19,20,22). The summed E-state index contributed by atoms with van der Waals surface area (Å²) in [5, 5.41) is 7.66. The summed E-state index contributed by atoms with van der Waals surface area (Å²) < 4.78 is 10.5. The number of nitrogens with one attached hydrogen (secondary N) is 2.